The summed E-state index contributed by atoms with van der Waals surface area (Å²) in [7, 11) is -2.63. The summed E-state index contributed by atoms with van der Waals surface area (Å²) in [5.74, 6) is -0.430. The highest BCUT2D eigenvalue weighted by Crippen LogP contribution is 2.36. The molecule has 0 saturated carbocycles. The molecule has 20 heavy (non-hydrogen) atoms. The van der Waals surface area contributed by atoms with E-state index in [0.717, 1.165) is 0 Å². The molecule has 0 N–H and O–H groups in total. The first-order valence-corrected chi connectivity index (χ1v) is 6.34. The minimum Gasteiger partial charge on any atom is -0.444 e. The smallest absolute Gasteiger partial charge is 0.410 e. The number of ether oxygens (including phenoxy) is 2. The third-order valence-corrected chi connectivity index (χ3v) is 3.11. The lowest BCUT2D eigenvalue weighted by Crippen LogP contribution is -2.62. The van der Waals surface area contributed by atoms with E-state index in [1.807, 2.05) is 0 Å². The van der Waals surface area contributed by atoms with Crippen molar-refractivity contribution in [1.29, 1.82) is 0 Å². The molecular formula is C15H20FNO3. The molecule has 0 bridgehead atoms. The summed E-state index contributed by atoms with van der Waals surface area (Å²) < 4.78 is 45.6. The van der Waals surface area contributed by atoms with E-state index in [1.165, 1.54) is 29.2 Å². The van der Waals surface area contributed by atoms with E-state index in [2.05, 4.69) is 0 Å². The van der Waals surface area contributed by atoms with Crippen molar-refractivity contribution >= 4 is 6.09 Å². The van der Waals surface area contributed by atoms with Crippen LogP contribution >= 0.6 is 0 Å². The molecule has 0 atom stereocenters. The maximum Gasteiger partial charge on any atom is 0.410 e. The van der Waals surface area contributed by atoms with Crippen LogP contribution in [-0.4, -0.2) is 36.7 Å². The molecule has 1 saturated heterocycles. The molecule has 1 amide bonds. The van der Waals surface area contributed by atoms with Crippen molar-refractivity contribution in [3.05, 3.63) is 35.6 Å². The Labute approximate surface area is 122 Å². The van der Waals surface area contributed by atoms with Crippen molar-refractivity contribution in [3.63, 3.8) is 0 Å². The van der Waals surface area contributed by atoms with Gasteiger partial charge in [-0.05, 0) is 38.5 Å². The molecule has 0 aliphatic carbocycles. The predicted octanol–water partition coefficient (Wildman–Crippen LogP) is 2.92. The Morgan fingerprint density at radius 1 is 1.35 bits per heavy atom. The van der Waals surface area contributed by atoms with Crippen molar-refractivity contribution in [1.82, 2.24) is 4.90 Å². The minimum atomic E-state index is -2.63. The first kappa shape index (κ1) is 11.1. The number of methoxy groups -OCH3 is 1. The summed E-state index contributed by atoms with van der Waals surface area (Å²) in [6, 6.07) is 5.40. The SMILES string of the molecule is [2H]C([2H])([2H])OC1(c2ccc(F)cc2)CN(C(=O)OC(C)(C)C)C1. The van der Waals surface area contributed by atoms with Crippen LogP contribution in [-0.2, 0) is 15.1 Å². The maximum atomic E-state index is 13.1. The fourth-order valence-corrected chi connectivity index (χ4v) is 2.09. The van der Waals surface area contributed by atoms with Crippen molar-refractivity contribution in [2.24, 2.45) is 0 Å². The molecule has 1 aliphatic rings. The molecule has 5 heteroatoms. The van der Waals surface area contributed by atoms with Gasteiger partial charge in [0.2, 0.25) is 0 Å². The van der Waals surface area contributed by atoms with Gasteiger partial charge in [-0.15, -0.1) is 0 Å². The molecular weight excluding hydrogens is 261 g/mol. The average Bonchev–Trinajstić information content (AvgIpc) is 2.30. The van der Waals surface area contributed by atoms with Gasteiger partial charge in [0, 0.05) is 7.04 Å². The van der Waals surface area contributed by atoms with Crippen LogP contribution in [0.5, 0.6) is 0 Å². The average molecular weight is 284 g/mol. The van der Waals surface area contributed by atoms with Gasteiger partial charge in [0.05, 0.1) is 17.2 Å². The van der Waals surface area contributed by atoms with Crippen LogP contribution in [0.15, 0.2) is 24.3 Å². The number of hydrogen-bond acceptors (Lipinski definition) is 3. The van der Waals surface area contributed by atoms with E-state index < -0.39 is 30.2 Å². The van der Waals surface area contributed by atoms with Crippen molar-refractivity contribution < 1.29 is 22.8 Å². The van der Waals surface area contributed by atoms with E-state index in [1.54, 1.807) is 20.8 Å². The van der Waals surface area contributed by atoms with Crippen LogP contribution in [0.2, 0.25) is 0 Å². The molecule has 1 aromatic rings. The fraction of sp³-hybridized carbons (Fsp3) is 0.533. The summed E-state index contributed by atoms with van der Waals surface area (Å²) in [5, 5.41) is 0. The summed E-state index contributed by atoms with van der Waals surface area (Å²) in [6.45, 7) is 5.31. The quantitative estimate of drug-likeness (QED) is 0.838. The Balaban J connectivity index is 2.17. The summed E-state index contributed by atoms with van der Waals surface area (Å²) >= 11 is 0. The number of benzene rings is 1. The molecule has 1 aliphatic heterocycles. The van der Waals surface area contributed by atoms with Gasteiger partial charge in [-0.3, -0.25) is 0 Å². The topological polar surface area (TPSA) is 38.8 Å². The Hall–Kier alpha value is -1.62. The van der Waals surface area contributed by atoms with Crippen LogP contribution in [0.4, 0.5) is 9.18 Å². The Bertz CT molecular complexity index is 575. The molecule has 110 valence electrons. The van der Waals surface area contributed by atoms with E-state index in [9.17, 15) is 9.18 Å². The number of carbonyl (C=O) groups is 1. The van der Waals surface area contributed by atoms with E-state index in [4.69, 9.17) is 13.6 Å². The number of halogens is 1. The van der Waals surface area contributed by atoms with Crippen LogP contribution in [0.25, 0.3) is 0 Å². The van der Waals surface area contributed by atoms with Gasteiger partial charge in [0.15, 0.2) is 0 Å². The van der Waals surface area contributed by atoms with Crippen LogP contribution in [0.3, 0.4) is 0 Å². The van der Waals surface area contributed by atoms with Crippen molar-refractivity contribution in [2.45, 2.75) is 32.0 Å². The molecule has 4 nitrogen and oxygen atoms in total. The molecule has 1 heterocycles. The van der Waals surface area contributed by atoms with Gasteiger partial charge in [-0.25, -0.2) is 9.18 Å². The molecule has 0 spiro atoms. The third-order valence-electron chi connectivity index (χ3n) is 3.11. The zero-order chi connectivity index (χ0) is 17.5. The molecule has 0 radical (unpaired) electrons. The first-order chi connectivity index (χ1) is 10.4. The van der Waals surface area contributed by atoms with E-state index in [-0.39, 0.29) is 13.1 Å². The second-order valence-electron chi connectivity index (χ2n) is 5.94. The normalized spacial score (nSPS) is 20.4. The van der Waals surface area contributed by atoms with Crippen molar-refractivity contribution in [3.8, 4) is 0 Å². The fourth-order valence-electron chi connectivity index (χ4n) is 2.09. The highest BCUT2D eigenvalue weighted by Gasteiger charge is 2.48. The monoisotopic (exact) mass is 284 g/mol. The lowest BCUT2D eigenvalue weighted by atomic mass is 9.86. The zero-order valence-electron chi connectivity index (χ0n) is 14.8. The lowest BCUT2D eigenvalue weighted by molar-refractivity contribution is -0.127. The Morgan fingerprint density at radius 2 is 1.95 bits per heavy atom. The molecule has 1 aromatic carbocycles. The van der Waals surface area contributed by atoms with Crippen LogP contribution in [0, 0.1) is 5.82 Å². The van der Waals surface area contributed by atoms with Gasteiger partial charge in [0.1, 0.15) is 17.0 Å². The standard InChI is InChI=1S/C15H20FNO3/c1-14(2,3)20-13(18)17-9-15(10-17,19-4)11-5-7-12(16)8-6-11/h5-8H,9-10H2,1-4H3/i4D3. The number of amides is 1. The number of rotatable bonds is 2. The number of likely N-dealkylation sites (tertiary alicyclic amines) is 1. The Kier molecular flexibility index (Phi) is 2.80. The lowest BCUT2D eigenvalue weighted by Gasteiger charge is -2.49. The second-order valence-corrected chi connectivity index (χ2v) is 5.94. The number of hydrogen-bond donors (Lipinski definition) is 0. The van der Waals surface area contributed by atoms with E-state index >= 15 is 0 Å². The maximum absolute atomic E-state index is 13.1. The second kappa shape index (κ2) is 5.05. The van der Waals surface area contributed by atoms with Crippen LogP contribution < -0.4 is 0 Å². The highest BCUT2D eigenvalue weighted by atomic mass is 19.1. The Morgan fingerprint density at radius 3 is 2.45 bits per heavy atom. The minimum absolute atomic E-state index is 0.0337. The molecule has 2 rings (SSSR count). The van der Waals surface area contributed by atoms with Gasteiger partial charge >= 0.3 is 6.09 Å². The van der Waals surface area contributed by atoms with Crippen molar-refractivity contribution in [2.75, 3.05) is 20.1 Å². The molecule has 1 fully saturated rings. The van der Waals surface area contributed by atoms with E-state index in [0.29, 0.717) is 5.56 Å². The predicted molar refractivity (Wildman–Crippen MR) is 72.9 cm³/mol. The van der Waals surface area contributed by atoms with Gasteiger partial charge in [0.25, 0.3) is 0 Å². The number of carbonyl (C=O) groups excluding carboxylic acids is 1. The van der Waals surface area contributed by atoms with Gasteiger partial charge in [-0.1, -0.05) is 12.1 Å². The van der Waals surface area contributed by atoms with Gasteiger partial charge < -0.3 is 14.4 Å². The third kappa shape index (κ3) is 2.93. The zero-order valence-corrected chi connectivity index (χ0v) is 11.8. The summed E-state index contributed by atoms with van der Waals surface area (Å²) in [6.07, 6.45) is -0.538. The summed E-state index contributed by atoms with van der Waals surface area (Å²) in [5.41, 5.74) is -1.32. The highest BCUT2D eigenvalue weighted by molar-refractivity contribution is 5.70. The summed E-state index contributed by atoms with van der Waals surface area (Å²) in [4.78, 5) is 13.4. The first-order valence-electron chi connectivity index (χ1n) is 7.84. The molecule has 0 unspecified atom stereocenters. The number of nitrogens with zero attached hydrogens (tertiary/aromatic N) is 1. The van der Waals surface area contributed by atoms with Gasteiger partial charge in [-0.2, -0.15) is 0 Å². The molecule has 0 aromatic heterocycles. The largest absolute Gasteiger partial charge is 0.444 e. The van der Waals surface area contributed by atoms with Crippen LogP contribution in [0.1, 0.15) is 30.4 Å².